The lowest BCUT2D eigenvalue weighted by Gasteiger charge is -2.17. The first-order valence-corrected chi connectivity index (χ1v) is 6.41. The van der Waals surface area contributed by atoms with Gasteiger partial charge in [0.1, 0.15) is 5.75 Å². The topological polar surface area (TPSA) is 66.6 Å². The van der Waals surface area contributed by atoms with Gasteiger partial charge in [-0.15, -0.1) is 0 Å². The van der Waals surface area contributed by atoms with Crippen LogP contribution in [0.25, 0.3) is 0 Å². The fraction of sp³-hybridized carbons (Fsp3) is 0.500. The molecule has 18 heavy (non-hydrogen) atoms. The van der Waals surface area contributed by atoms with Gasteiger partial charge >= 0.3 is 0 Å². The summed E-state index contributed by atoms with van der Waals surface area (Å²) in [5.41, 5.74) is 6.68. The molecular formula is C14H20N2O2. The highest BCUT2D eigenvalue weighted by molar-refractivity contribution is 5.97. The van der Waals surface area contributed by atoms with E-state index >= 15 is 0 Å². The van der Waals surface area contributed by atoms with Crippen molar-refractivity contribution in [1.29, 1.82) is 0 Å². The maximum absolute atomic E-state index is 12.3. The molecule has 3 N–H and O–H groups in total. The summed E-state index contributed by atoms with van der Waals surface area (Å²) in [7, 11) is 0. The summed E-state index contributed by atoms with van der Waals surface area (Å²) >= 11 is 0. The van der Waals surface area contributed by atoms with E-state index < -0.39 is 0 Å². The Hall–Kier alpha value is -1.55. The number of rotatable bonds is 3. The number of hydrogen-bond acceptors (Lipinski definition) is 3. The zero-order valence-corrected chi connectivity index (χ0v) is 10.7. The number of hydrogen-bond donors (Lipinski definition) is 2. The summed E-state index contributed by atoms with van der Waals surface area (Å²) in [6.07, 6.45) is 1.97. The first-order valence-electron chi connectivity index (χ1n) is 6.41. The van der Waals surface area contributed by atoms with Crippen molar-refractivity contribution in [3.05, 3.63) is 29.3 Å². The molecular weight excluding hydrogens is 228 g/mol. The average Bonchev–Trinajstić information content (AvgIpc) is 2.81. The van der Waals surface area contributed by atoms with Crippen molar-refractivity contribution in [3.8, 4) is 5.75 Å². The molecule has 0 saturated carbocycles. The third-order valence-corrected chi connectivity index (χ3v) is 3.62. The van der Waals surface area contributed by atoms with Gasteiger partial charge in [0.15, 0.2) is 0 Å². The van der Waals surface area contributed by atoms with Gasteiger partial charge in [-0.3, -0.25) is 4.79 Å². The van der Waals surface area contributed by atoms with Gasteiger partial charge in [-0.2, -0.15) is 0 Å². The number of aromatic hydroxyl groups is 1. The molecule has 2 rings (SSSR count). The molecule has 1 aromatic rings. The Morgan fingerprint density at radius 1 is 1.56 bits per heavy atom. The molecule has 0 spiro atoms. The second-order valence-corrected chi connectivity index (χ2v) is 4.95. The number of carbonyl (C=O) groups excluding carboxylic acids is 1. The van der Waals surface area contributed by atoms with Crippen LogP contribution in [0.3, 0.4) is 0 Å². The molecule has 1 aliphatic heterocycles. The second-order valence-electron chi connectivity index (χ2n) is 4.95. The highest BCUT2D eigenvalue weighted by atomic mass is 16.3. The summed E-state index contributed by atoms with van der Waals surface area (Å²) < 4.78 is 0. The smallest absolute Gasteiger partial charge is 0.257 e. The van der Waals surface area contributed by atoms with Gasteiger partial charge in [0.2, 0.25) is 0 Å². The molecule has 0 aromatic heterocycles. The SMILES string of the molecule is Cc1cccc(C(=O)N2CCC(CCN)C2)c1O. The number of amides is 1. The number of carbonyl (C=O) groups is 1. The van der Waals surface area contributed by atoms with Crippen LogP contribution >= 0.6 is 0 Å². The first kappa shape index (κ1) is 12.9. The fourth-order valence-electron chi connectivity index (χ4n) is 2.49. The maximum atomic E-state index is 12.3. The zero-order valence-electron chi connectivity index (χ0n) is 10.7. The van der Waals surface area contributed by atoms with Gasteiger partial charge in [-0.25, -0.2) is 0 Å². The van der Waals surface area contributed by atoms with Crippen LogP contribution in [0.4, 0.5) is 0 Å². The van der Waals surface area contributed by atoms with Gasteiger partial charge in [0.25, 0.3) is 5.91 Å². The third-order valence-electron chi connectivity index (χ3n) is 3.62. The Kier molecular flexibility index (Phi) is 3.87. The molecule has 1 atom stereocenters. The Balaban J connectivity index is 2.11. The zero-order chi connectivity index (χ0) is 13.1. The lowest BCUT2D eigenvalue weighted by atomic mass is 10.1. The quantitative estimate of drug-likeness (QED) is 0.852. The number of phenolic OH excluding ortho intramolecular Hbond substituents is 1. The highest BCUT2D eigenvalue weighted by Gasteiger charge is 2.27. The molecule has 1 aliphatic rings. The van der Waals surface area contributed by atoms with Crippen LogP contribution in [0.5, 0.6) is 5.75 Å². The number of nitrogens with two attached hydrogens (primary N) is 1. The number of aryl methyl sites for hydroxylation is 1. The molecule has 98 valence electrons. The number of benzene rings is 1. The summed E-state index contributed by atoms with van der Waals surface area (Å²) in [5.74, 6) is 0.534. The van der Waals surface area contributed by atoms with E-state index in [1.165, 1.54) is 0 Å². The minimum Gasteiger partial charge on any atom is -0.507 e. The predicted molar refractivity (Wildman–Crippen MR) is 70.5 cm³/mol. The van der Waals surface area contributed by atoms with E-state index in [4.69, 9.17) is 5.73 Å². The Morgan fingerprint density at radius 2 is 2.33 bits per heavy atom. The largest absolute Gasteiger partial charge is 0.507 e. The minimum atomic E-state index is -0.0734. The molecule has 0 bridgehead atoms. The van der Waals surface area contributed by atoms with Gasteiger partial charge in [-0.05, 0) is 43.9 Å². The normalized spacial score (nSPS) is 19.2. The van der Waals surface area contributed by atoms with Gasteiger partial charge in [-0.1, -0.05) is 12.1 Å². The first-order chi connectivity index (χ1) is 8.63. The minimum absolute atomic E-state index is 0.0734. The molecule has 0 radical (unpaired) electrons. The lowest BCUT2D eigenvalue weighted by molar-refractivity contribution is 0.0783. The molecule has 1 amide bonds. The van der Waals surface area contributed by atoms with Crippen LogP contribution in [-0.2, 0) is 0 Å². The number of phenols is 1. The monoisotopic (exact) mass is 248 g/mol. The fourth-order valence-corrected chi connectivity index (χ4v) is 2.49. The standard InChI is InChI=1S/C14H20N2O2/c1-10-3-2-4-12(13(10)17)14(18)16-8-6-11(9-16)5-7-15/h2-4,11,17H,5-9,15H2,1H3. The van der Waals surface area contributed by atoms with Crippen LogP contribution < -0.4 is 5.73 Å². The highest BCUT2D eigenvalue weighted by Crippen LogP contribution is 2.26. The predicted octanol–water partition coefficient (Wildman–Crippen LogP) is 1.51. The average molecular weight is 248 g/mol. The molecule has 1 fully saturated rings. The van der Waals surface area contributed by atoms with Crippen molar-refractivity contribution >= 4 is 5.91 Å². The van der Waals surface area contributed by atoms with Crippen LogP contribution in [0, 0.1) is 12.8 Å². The van der Waals surface area contributed by atoms with Crippen LogP contribution in [0.2, 0.25) is 0 Å². The van der Waals surface area contributed by atoms with Crippen molar-refractivity contribution in [2.45, 2.75) is 19.8 Å². The van der Waals surface area contributed by atoms with Crippen molar-refractivity contribution in [1.82, 2.24) is 4.90 Å². The summed E-state index contributed by atoms with van der Waals surface area (Å²) in [6.45, 7) is 3.98. The van der Waals surface area contributed by atoms with E-state index in [-0.39, 0.29) is 11.7 Å². The van der Waals surface area contributed by atoms with E-state index in [9.17, 15) is 9.90 Å². The number of likely N-dealkylation sites (tertiary alicyclic amines) is 1. The molecule has 0 aliphatic carbocycles. The molecule has 1 saturated heterocycles. The third kappa shape index (κ3) is 2.48. The van der Waals surface area contributed by atoms with Gasteiger partial charge in [0.05, 0.1) is 5.56 Å². The Labute approximate surface area is 107 Å². The molecule has 4 nitrogen and oxygen atoms in total. The summed E-state index contributed by atoms with van der Waals surface area (Å²) in [5, 5.41) is 9.93. The van der Waals surface area contributed by atoms with Crippen molar-refractivity contribution in [2.75, 3.05) is 19.6 Å². The van der Waals surface area contributed by atoms with Crippen molar-refractivity contribution < 1.29 is 9.90 Å². The number of nitrogens with zero attached hydrogens (tertiary/aromatic N) is 1. The van der Waals surface area contributed by atoms with E-state index in [1.807, 2.05) is 4.90 Å². The Morgan fingerprint density at radius 3 is 3.06 bits per heavy atom. The second kappa shape index (κ2) is 5.40. The summed E-state index contributed by atoms with van der Waals surface area (Å²) in [4.78, 5) is 14.1. The van der Waals surface area contributed by atoms with Gasteiger partial charge < -0.3 is 15.7 Å². The van der Waals surface area contributed by atoms with E-state index in [0.29, 0.717) is 18.0 Å². The van der Waals surface area contributed by atoms with Gasteiger partial charge in [0, 0.05) is 13.1 Å². The van der Waals surface area contributed by atoms with Crippen LogP contribution in [0.1, 0.15) is 28.8 Å². The van der Waals surface area contributed by atoms with Crippen LogP contribution in [0.15, 0.2) is 18.2 Å². The molecule has 1 heterocycles. The lowest BCUT2D eigenvalue weighted by Crippen LogP contribution is -2.29. The van der Waals surface area contributed by atoms with Crippen molar-refractivity contribution in [3.63, 3.8) is 0 Å². The number of para-hydroxylation sites is 1. The summed E-state index contributed by atoms with van der Waals surface area (Å²) in [6, 6.07) is 5.28. The van der Waals surface area contributed by atoms with Crippen LogP contribution in [-0.4, -0.2) is 35.5 Å². The van der Waals surface area contributed by atoms with Crippen molar-refractivity contribution in [2.24, 2.45) is 11.7 Å². The van der Waals surface area contributed by atoms with E-state index in [1.54, 1.807) is 25.1 Å². The van der Waals surface area contributed by atoms with E-state index in [2.05, 4.69) is 0 Å². The molecule has 1 aromatic carbocycles. The Bertz CT molecular complexity index is 445. The maximum Gasteiger partial charge on any atom is 0.257 e. The molecule has 4 heteroatoms. The van der Waals surface area contributed by atoms with E-state index in [0.717, 1.165) is 31.5 Å². The molecule has 1 unspecified atom stereocenters.